The van der Waals surface area contributed by atoms with Crippen LogP contribution in [0.25, 0.3) is 0 Å². The lowest BCUT2D eigenvalue weighted by atomic mass is 9.97. The Hall–Kier alpha value is -3.74. The third kappa shape index (κ3) is 5.42. The molecule has 2 aliphatic rings. The minimum Gasteiger partial charge on any atom is -0.454 e. The number of fused-ring (bicyclic) bond motifs is 1. The van der Waals surface area contributed by atoms with Gasteiger partial charge in [0.15, 0.2) is 6.61 Å². The third-order valence-corrected chi connectivity index (χ3v) is 6.18. The van der Waals surface area contributed by atoms with Crippen LogP contribution < -0.4 is 5.32 Å². The van der Waals surface area contributed by atoms with Gasteiger partial charge in [0.05, 0.1) is 11.1 Å². The van der Waals surface area contributed by atoms with E-state index < -0.39 is 36.3 Å². The first-order chi connectivity index (χ1) is 16.5. The number of rotatable bonds is 9. The Kier molecular flexibility index (Phi) is 7.52. The predicted octanol–water partition coefficient (Wildman–Crippen LogP) is 3.44. The lowest BCUT2D eigenvalue weighted by Crippen LogP contribution is -2.47. The zero-order chi connectivity index (χ0) is 23.9. The highest BCUT2D eigenvalue weighted by Gasteiger charge is 2.43. The van der Waals surface area contributed by atoms with Gasteiger partial charge < -0.3 is 10.1 Å². The fourth-order valence-electron chi connectivity index (χ4n) is 4.39. The van der Waals surface area contributed by atoms with E-state index in [1.165, 1.54) is 18.4 Å². The first-order valence-electron chi connectivity index (χ1n) is 11.7. The average molecular weight is 461 g/mol. The summed E-state index contributed by atoms with van der Waals surface area (Å²) in [4.78, 5) is 52.2. The third-order valence-electron chi connectivity index (χ3n) is 6.18. The lowest BCUT2D eigenvalue weighted by molar-refractivity contribution is -0.152. The van der Waals surface area contributed by atoms with E-state index in [0.29, 0.717) is 6.54 Å². The fraction of sp³-hybridized carbons (Fsp3) is 0.333. The monoisotopic (exact) mass is 460 g/mol. The van der Waals surface area contributed by atoms with Crippen LogP contribution in [0, 0.1) is 0 Å². The van der Waals surface area contributed by atoms with E-state index in [1.807, 2.05) is 30.3 Å². The lowest BCUT2D eigenvalue weighted by Gasteiger charge is -2.24. The number of nitrogens with one attached hydrogen (secondary N) is 1. The average Bonchev–Trinajstić information content (AvgIpc) is 3.12. The molecule has 0 radical (unpaired) electrons. The Morgan fingerprint density at radius 2 is 1.62 bits per heavy atom. The number of hydrogen-bond donors (Lipinski definition) is 1. The maximum Gasteiger partial charge on any atom is 0.330 e. The minimum absolute atomic E-state index is 0.0981. The van der Waals surface area contributed by atoms with E-state index in [4.69, 9.17) is 4.74 Å². The number of esters is 1. The first kappa shape index (κ1) is 23.4. The number of carbonyl (C=O) groups excluding carboxylic acids is 4. The second-order valence-electron chi connectivity index (χ2n) is 8.55. The number of allylic oxidation sites excluding steroid dienone is 1. The van der Waals surface area contributed by atoms with Crippen LogP contribution in [0.4, 0.5) is 0 Å². The van der Waals surface area contributed by atoms with Crippen molar-refractivity contribution in [2.24, 2.45) is 0 Å². The Labute approximate surface area is 198 Å². The summed E-state index contributed by atoms with van der Waals surface area (Å²) in [6, 6.07) is 14.4. The molecule has 0 spiro atoms. The second kappa shape index (κ2) is 10.9. The molecular formula is C27H28N2O5. The van der Waals surface area contributed by atoms with Crippen LogP contribution in [0.15, 0.2) is 66.2 Å². The molecule has 0 fully saturated rings. The van der Waals surface area contributed by atoms with E-state index in [9.17, 15) is 19.2 Å². The SMILES string of the molecule is O=C(COC(=O)[C@@H](Cc1ccccc1)N1C(=O)c2ccccc2C1=O)NCCC1=CCCCC1. The number of nitrogens with zero attached hydrogens (tertiary/aromatic N) is 1. The maximum absolute atomic E-state index is 13.0. The summed E-state index contributed by atoms with van der Waals surface area (Å²) in [7, 11) is 0. The summed E-state index contributed by atoms with van der Waals surface area (Å²) in [5.41, 5.74) is 2.63. The van der Waals surface area contributed by atoms with Crippen LogP contribution in [0.1, 0.15) is 58.4 Å². The molecule has 7 nitrogen and oxygen atoms in total. The molecular weight excluding hydrogens is 432 g/mol. The number of amides is 3. The summed E-state index contributed by atoms with van der Waals surface area (Å²) in [5, 5.41) is 2.77. The number of benzene rings is 2. The molecule has 1 aliphatic heterocycles. The van der Waals surface area contributed by atoms with Gasteiger partial charge in [0.2, 0.25) is 0 Å². The van der Waals surface area contributed by atoms with Crippen LogP contribution in [0.5, 0.6) is 0 Å². The summed E-state index contributed by atoms with van der Waals surface area (Å²) < 4.78 is 5.28. The molecule has 4 rings (SSSR count). The van der Waals surface area contributed by atoms with E-state index >= 15 is 0 Å². The highest BCUT2D eigenvalue weighted by atomic mass is 16.5. The summed E-state index contributed by atoms with van der Waals surface area (Å²) in [6.45, 7) is 0.0143. The smallest absolute Gasteiger partial charge is 0.330 e. The molecule has 0 saturated carbocycles. The number of carbonyl (C=O) groups is 4. The van der Waals surface area contributed by atoms with Crippen molar-refractivity contribution >= 4 is 23.7 Å². The molecule has 2 aromatic rings. The van der Waals surface area contributed by atoms with Gasteiger partial charge in [-0.1, -0.05) is 54.1 Å². The summed E-state index contributed by atoms with van der Waals surface area (Å²) in [5.74, 6) is -2.28. The van der Waals surface area contributed by atoms with Crippen molar-refractivity contribution in [3.63, 3.8) is 0 Å². The zero-order valence-electron chi connectivity index (χ0n) is 19.0. The van der Waals surface area contributed by atoms with Crippen molar-refractivity contribution in [3.05, 3.63) is 82.9 Å². The van der Waals surface area contributed by atoms with Gasteiger partial charge in [-0.2, -0.15) is 0 Å². The number of ether oxygens (including phenoxy) is 1. The quantitative estimate of drug-likeness (QED) is 0.352. The van der Waals surface area contributed by atoms with Gasteiger partial charge in [0.1, 0.15) is 6.04 Å². The molecule has 1 heterocycles. The number of imide groups is 1. The highest BCUT2D eigenvalue weighted by Crippen LogP contribution is 2.26. The van der Waals surface area contributed by atoms with E-state index in [2.05, 4.69) is 11.4 Å². The van der Waals surface area contributed by atoms with Gasteiger partial charge >= 0.3 is 5.97 Å². The maximum atomic E-state index is 13.0. The van der Waals surface area contributed by atoms with Gasteiger partial charge in [0.25, 0.3) is 17.7 Å². The Morgan fingerprint density at radius 1 is 0.941 bits per heavy atom. The van der Waals surface area contributed by atoms with Crippen molar-refractivity contribution in [2.45, 2.75) is 44.6 Å². The van der Waals surface area contributed by atoms with E-state index in [-0.39, 0.29) is 17.5 Å². The van der Waals surface area contributed by atoms with Gasteiger partial charge in [0, 0.05) is 13.0 Å². The van der Waals surface area contributed by atoms with Crippen LogP contribution >= 0.6 is 0 Å². The van der Waals surface area contributed by atoms with E-state index in [1.54, 1.807) is 24.3 Å². The van der Waals surface area contributed by atoms with Crippen molar-refractivity contribution in [1.29, 1.82) is 0 Å². The molecule has 7 heteroatoms. The van der Waals surface area contributed by atoms with Crippen molar-refractivity contribution < 1.29 is 23.9 Å². The van der Waals surface area contributed by atoms with Crippen LogP contribution in [0.3, 0.4) is 0 Å². The fourth-order valence-corrected chi connectivity index (χ4v) is 4.39. The highest BCUT2D eigenvalue weighted by molar-refractivity contribution is 6.22. The molecule has 0 bridgehead atoms. The molecule has 34 heavy (non-hydrogen) atoms. The van der Waals surface area contributed by atoms with Gasteiger partial charge in [-0.05, 0) is 49.8 Å². The Morgan fingerprint density at radius 3 is 2.26 bits per heavy atom. The second-order valence-corrected chi connectivity index (χ2v) is 8.55. The topological polar surface area (TPSA) is 92.8 Å². The standard InChI is InChI=1S/C27H28N2O5/c30-24(28-16-15-19-9-3-1-4-10-19)18-34-27(33)23(17-20-11-5-2-6-12-20)29-25(31)21-13-7-8-14-22(21)26(29)32/h2,5-9,11-14,23H,1,3-4,10,15-18H2,(H,28,30)/t23-/m1/s1. The Balaban J connectivity index is 1.40. The van der Waals surface area contributed by atoms with Crippen LogP contribution in [-0.4, -0.2) is 47.8 Å². The largest absolute Gasteiger partial charge is 0.454 e. The van der Waals surface area contributed by atoms with Gasteiger partial charge in [-0.3, -0.25) is 19.3 Å². The molecule has 1 aliphatic carbocycles. The summed E-state index contributed by atoms with van der Waals surface area (Å²) in [6.07, 6.45) is 7.65. The van der Waals surface area contributed by atoms with Crippen LogP contribution in [-0.2, 0) is 20.7 Å². The molecule has 0 aromatic heterocycles. The molecule has 1 atom stereocenters. The molecule has 0 saturated heterocycles. The Bertz CT molecular complexity index is 1070. The van der Waals surface area contributed by atoms with E-state index in [0.717, 1.165) is 29.7 Å². The predicted molar refractivity (Wildman–Crippen MR) is 126 cm³/mol. The summed E-state index contributed by atoms with van der Waals surface area (Å²) >= 11 is 0. The normalized spacial score (nSPS) is 16.0. The minimum atomic E-state index is -1.17. The van der Waals surface area contributed by atoms with Crippen LogP contribution in [0.2, 0.25) is 0 Å². The van der Waals surface area contributed by atoms with Gasteiger partial charge in [-0.25, -0.2) is 4.79 Å². The van der Waals surface area contributed by atoms with Crippen molar-refractivity contribution in [1.82, 2.24) is 10.2 Å². The first-order valence-corrected chi connectivity index (χ1v) is 11.7. The molecule has 0 unspecified atom stereocenters. The molecule has 1 N–H and O–H groups in total. The van der Waals surface area contributed by atoms with Gasteiger partial charge in [-0.15, -0.1) is 0 Å². The van der Waals surface area contributed by atoms with Crippen molar-refractivity contribution in [3.8, 4) is 0 Å². The van der Waals surface area contributed by atoms with Crippen molar-refractivity contribution in [2.75, 3.05) is 13.2 Å². The zero-order valence-corrected chi connectivity index (χ0v) is 19.0. The number of hydrogen-bond acceptors (Lipinski definition) is 5. The molecule has 2 aromatic carbocycles. The molecule has 3 amide bonds. The molecule has 176 valence electrons.